The van der Waals surface area contributed by atoms with Crippen LogP contribution in [-0.4, -0.2) is 26.0 Å². The average Bonchev–Trinajstić information content (AvgIpc) is 2.55. The maximum Gasteiger partial charge on any atom is 0.303 e. The second kappa shape index (κ2) is 7.68. The van der Waals surface area contributed by atoms with E-state index in [2.05, 4.69) is 0 Å². The number of carboxylic acids is 1. The molecule has 2 aromatic rings. The Kier molecular flexibility index (Phi) is 5.85. The third-order valence-electron chi connectivity index (χ3n) is 3.59. The number of aliphatic carboxylic acids is 1. The van der Waals surface area contributed by atoms with Gasteiger partial charge in [0, 0.05) is 18.0 Å². The summed E-state index contributed by atoms with van der Waals surface area (Å²) in [5.41, 5.74) is 1.09. The predicted molar refractivity (Wildman–Crippen MR) is 94.0 cm³/mol. The van der Waals surface area contributed by atoms with E-state index in [0.29, 0.717) is 16.3 Å². The lowest BCUT2D eigenvalue weighted by Gasteiger charge is -2.26. The summed E-state index contributed by atoms with van der Waals surface area (Å²) < 4.78 is 27.2. The Labute approximate surface area is 146 Å². The molecule has 2 aromatic carbocycles. The molecule has 0 radical (unpaired) electrons. The fourth-order valence-corrected chi connectivity index (χ4v) is 4.08. The molecule has 0 unspecified atom stereocenters. The van der Waals surface area contributed by atoms with Crippen molar-refractivity contribution in [1.82, 2.24) is 0 Å². The summed E-state index contributed by atoms with van der Waals surface area (Å²) in [6.45, 7) is 1.80. The zero-order chi connectivity index (χ0) is 17.7. The first kappa shape index (κ1) is 18.3. The molecular weight excluding hydrogens is 350 g/mol. The lowest BCUT2D eigenvalue weighted by Crippen LogP contribution is -2.33. The molecule has 0 aliphatic rings. The Bertz CT molecular complexity index is 822. The van der Waals surface area contributed by atoms with E-state index in [-0.39, 0.29) is 24.3 Å². The van der Waals surface area contributed by atoms with Gasteiger partial charge in [-0.1, -0.05) is 35.9 Å². The van der Waals surface area contributed by atoms with Crippen LogP contribution in [0.15, 0.2) is 53.4 Å². The second-order valence-electron chi connectivity index (χ2n) is 5.27. The Morgan fingerprint density at radius 3 is 2.42 bits per heavy atom. The summed E-state index contributed by atoms with van der Waals surface area (Å²) in [6.07, 6.45) is 0.0910. The van der Waals surface area contributed by atoms with Crippen molar-refractivity contribution in [3.05, 3.63) is 59.1 Å². The number of carbonyl (C=O) groups is 1. The standard InChI is InChI=1S/C17H18ClNO4S/c1-13-15(18)9-5-10-16(13)19(12-6-11-17(20)21)24(22,23)14-7-3-2-4-8-14/h2-5,7-10H,6,11-12H2,1H3,(H,20,21). The van der Waals surface area contributed by atoms with Gasteiger partial charge in [-0.25, -0.2) is 8.42 Å². The summed E-state index contributed by atoms with van der Waals surface area (Å²) in [4.78, 5) is 10.9. The molecular formula is C17H18ClNO4S. The molecule has 0 bridgehead atoms. The lowest BCUT2D eigenvalue weighted by atomic mass is 10.2. The highest BCUT2D eigenvalue weighted by molar-refractivity contribution is 7.92. The van der Waals surface area contributed by atoms with Crippen molar-refractivity contribution in [2.24, 2.45) is 0 Å². The topological polar surface area (TPSA) is 74.7 Å². The molecule has 0 spiro atoms. The molecule has 0 amide bonds. The third kappa shape index (κ3) is 4.07. The molecule has 0 aliphatic heterocycles. The van der Waals surface area contributed by atoms with Crippen molar-refractivity contribution in [3.8, 4) is 0 Å². The van der Waals surface area contributed by atoms with Crippen molar-refractivity contribution in [3.63, 3.8) is 0 Å². The van der Waals surface area contributed by atoms with Gasteiger partial charge in [0.05, 0.1) is 10.6 Å². The van der Waals surface area contributed by atoms with Gasteiger partial charge in [0.2, 0.25) is 0 Å². The molecule has 0 atom stereocenters. The van der Waals surface area contributed by atoms with Crippen LogP contribution in [0.25, 0.3) is 0 Å². The fourth-order valence-electron chi connectivity index (χ4n) is 2.33. The van der Waals surface area contributed by atoms with Crippen molar-refractivity contribution in [2.45, 2.75) is 24.7 Å². The molecule has 5 nitrogen and oxygen atoms in total. The zero-order valence-electron chi connectivity index (χ0n) is 13.1. The van der Waals surface area contributed by atoms with E-state index in [0.717, 1.165) is 0 Å². The summed E-state index contributed by atoms with van der Waals surface area (Å²) in [5, 5.41) is 9.28. The van der Waals surface area contributed by atoms with Crippen LogP contribution < -0.4 is 4.31 Å². The van der Waals surface area contributed by atoms with Crippen molar-refractivity contribution < 1.29 is 18.3 Å². The Hall–Kier alpha value is -2.05. The summed E-state index contributed by atoms with van der Waals surface area (Å²) in [7, 11) is -3.81. The van der Waals surface area contributed by atoms with Crippen LogP contribution in [-0.2, 0) is 14.8 Å². The molecule has 0 saturated heterocycles. The first-order valence-corrected chi connectivity index (χ1v) is 9.20. The number of nitrogens with zero attached hydrogens (tertiary/aromatic N) is 1. The highest BCUT2D eigenvalue weighted by Gasteiger charge is 2.26. The number of benzene rings is 2. The molecule has 2 rings (SSSR count). The Morgan fingerprint density at radius 2 is 1.79 bits per heavy atom. The maximum atomic E-state index is 13.0. The second-order valence-corrected chi connectivity index (χ2v) is 7.54. The number of sulfonamides is 1. The normalized spacial score (nSPS) is 11.2. The number of halogens is 1. The van der Waals surface area contributed by atoms with Crippen molar-refractivity contribution in [2.75, 3.05) is 10.8 Å². The lowest BCUT2D eigenvalue weighted by molar-refractivity contribution is -0.137. The minimum absolute atomic E-state index is 0.0602. The Balaban J connectivity index is 2.47. The van der Waals surface area contributed by atoms with Gasteiger partial charge in [0.15, 0.2) is 0 Å². The molecule has 1 N–H and O–H groups in total. The van der Waals surface area contributed by atoms with Crippen LogP contribution in [0.2, 0.25) is 5.02 Å². The van der Waals surface area contributed by atoms with Crippen LogP contribution in [0.1, 0.15) is 18.4 Å². The van der Waals surface area contributed by atoms with Crippen molar-refractivity contribution >= 4 is 33.3 Å². The van der Waals surface area contributed by atoms with Gasteiger partial charge >= 0.3 is 5.97 Å². The number of hydrogen-bond acceptors (Lipinski definition) is 3. The first-order chi connectivity index (χ1) is 11.3. The van der Waals surface area contributed by atoms with E-state index < -0.39 is 16.0 Å². The molecule has 7 heteroatoms. The number of hydrogen-bond donors (Lipinski definition) is 1. The van der Waals surface area contributed by atoms with Crippen LogP contribution >= 0.6 is 11.6 Å². The molecule has 24 heavy (non-hydrogen) atoms. The number of rotatable bonds is 7. The molecule has 0 aromatic heterocycles. The zero-order valence-corrected chi connectivity index (χ0v) is 14.7. The van der Waals surface area contributed by atoms with E-state index in [1.807, 2.05) is 0 Å². The van der Waals surface area contributed by atoms with Gasteiger partial charge in [0.25, 0.3) is 10.0 Å². The van der Waals surface area contributed by atoms with Crippen molar-refractivity contribution in [1.29, 1.82) is 0 Å². The van der Waals surface area contributed by atoms with Crippen LogP contribution in [0, 0.1) is 6.92 Å². The molecule has 0 saturated carbocycles. The molecule has 0 aliphatic carbocycles. The van der Waals surface area contributed by atoms with Gasteiger partial charge in [-0.3, -0.25) is 9.10 Å². The van der Waals surface area contributed by atoms with Crippen LogP contribution in [0.3, 0.4) is 0 Å². The number of carboxylic acid groups (broad SMARTS) is 1. The SMILES string of the molecule is Cc1c(Cl)cccc1N(CCCC(=O)O)S(=O)(=O)c1ccccc1. The van der Waals surface area contributed by atoms with Gasteiger partial charge in [-0.2, -0.15) is 0 Å². The monoisotopic (exact) mass is 367 g/mol. The van der Waals surface area contributed by atoms with E-state index in [1.165, 1.54) is 16.4 Å². The van der Waals surface area contributed by atoms with Crippen LogP contribution in [0.5, 0.6) is 0 Å². The highest BCUT2D eigenvalue weighted by atomic mass is 35.5. The van der Waals surface area contributed by atoms with Crippen LogP contribution in [0.4, 0.5) is 5.69 Å². The quantitative estimate of drug-likeness (QED) is 0.809. The van der Waals surface area contributed by atoms with Gasteiger partial charge in [0.1, 0.15) is 0 Å². The number of anilines is 1. The maximum absolute atomic E-state index is 13.0. The van der Waals surface area contributed by atoms with E-state index in [9.17, 15) is 13.2 Å². The van der Waals surface area contributed by atoms with Gasteiger partial charge in [-0.05, 0) is 43.2 Å². The largest absolute Gasteiger partial charge is 0.481 e. The summed E-state index contributed by atoms with van der Waals surface area (Å²) in [6, 6.07) is 13.1. The molecule has 0 heterocycles. The molecule has 128 valence electrons. The van der Waals surface area contributed by atoms with Gasteiger partial charge in [-0.15, -0.1) is 0 Å². The Morgan fingerprint density at radius 1 is 1.12 bits per heavy atom. The minimum atomic E-state index is -3.81. The first-order valence-electron chi connectivity index (χ1n) is 7.38. The minimum Gasteiger partial charge on any atom is -0.481 e. The molecule has 0 fully saturated rings. The summed E-state index contributed by atoms with van der Waals surface area (Å²) >= 11 is 6.12. The van der Waals surface area contributed by atoms with Gasteiger partial charge < -0.3 is 5.11 Å². The summed E-state index contributed by atoms with van der Waals surface area (Å²) in [5.74, 6) is -0.963. The van der Waals surface area contributed by atoms with E-state index >= 15 is 0 Å². The van der Waals surface area contributed by atoms with E-state index in [1.54, 1.807) is 43.3 Å². The predicted octanol–water partition coefficient (Wildman–Crippen LogP) is 3.71. The fraction of sp³-hybridized carbons (Fsp3) is 0.235. The third-order valence-corrected chi connectivity index (χ3v) is 5.83. The average molecular weight is 368 g/mol. The van der Waals surface area contributed by atoms with E-state index in [4.69, 9.17) is 16.7 Å². The highest BCUT2D eigenvalue weighted by Crippen LogP contribution is 2.31. The smallest absolute Gasteiger partial charge is 0.303 e.